The molecule has 0 aliphatic heterocycles. The molecule has 0 saturated carbocycles. The lowest BCUT2D eigenvalue weighted by atomic mass is 9.83. The first-order valence-corrected chi connectivity index (χ1v) is 8.12. The highest BCUT2D eigenvalue weighted by molar-refractivity contribution is 7.90. The summed E-state index contributed by atoms with van der Waals surface area (Å²) in [5.74, 6) is -0.569. The zero-order chi connectivity index (χ0) is 15.7. The molecule has 2 unspecified atom stereocenters. The number of aliphatic hydroxyl groups is 1. The van der Waals surface area contributed by atoms with Gasteiger partial charge in [0.15, 0.2) is 9.84 Å². The highest BCUT2D eigenvalue weighted by Gasteiger charge is 2.33. The van der Waals surface area contributed by atoms with Crippen molar-refractivity contribution in [3.8, 4) is 0 Å². The van der Waals surface area contributed by atoms with Gasteiger partial charge in [0.2, 0.25) is 0 Å². The smallest absolute Gasteiger partial charge is 0.291 e. The van der Waals surface area contributed by atoms with E-state index in [1.165, 1.54) is 18.2 Å². The first-order valence-electron chi connectivity index (χ1n) is 6.22. The largest absolute Gasteiger partial charge is 0.393 e. The molecule has 0 radical (unpaired) electrons. The molecule has 1 N–H and O–H groups in total. The number of nitro benzene ring substituents is 1. The second-order valence-corrected chi connectivity index (χ2v) is 7.22. The molecule has 7 heteroatoms. The Balaban J connectivity index is 3.68. The summed E-state index contributed by atoms with van der Waals surface area (Å²) in [5, 5.41) is 21.2. The second kappa shape index (κ2) is 5.88. The Kier molecular flexibility index (Phi) is 4.88. The fraction of sp³-hybridized carbons (Fsp3) is 0.538. The molecule has 0 amide bonds. The van der Waals surface area contributed by atoms with E-state index in [9.17, 15) is 23.6 Å². The third kappa shape index (κ3) is 3.34. The maximum Gasteiger partial charge on any atom is 0.291 e. The fourth-order valence-electron chi connectivity index (χ4n) is 2.48. The van der Waals surface area contributed by atoms with Gasteiger partial charge in [-0.25, -0.2) is 8.42 Å². The quantitative estimate of drug-likeness (QED) is 0.663. The van der Waals surface area contributed by atoms with Crippen LogP contribution in [0.4, 0.5) is 5.69 Å². The van der Waals surface area contributed by atoms with E-state index >= 15 is 0 Å². The molecule has 20 heavy (non-hydrogen) atoms. The third-order valence-corrected chi connectivity index (χ3v) is 4.34. The van der Waals surface area contributed by atoms with Crippen LogP contribution in [0.25, 0.3) is 0 Å². The number of hydrogen-bond donors (Lipinski definition) is 1. The van der Waals surface area contributed by atoms with Crippen LogP contribution in [0.3, 0.4) is 0 Å². The average molecular weight is 301 g/mol. The zero-order valence-corrected chi connectivity index (χ0v) is 12.7. The summed E-state index contributed by atoms with van der Waals surface area (Å²) in [6.07, 6.45) is 0.120. The van der Waals surface area contributed by atoms with Crippen molar-refractivity contribution >= 4 is 15.5 Å². The molecule has 6 nitrogen and oxygen atoms in total. The zero-order valence-electron chi connectivity index (χ0n) is 11.9. The molecule has 112 valence electrons. The van der Waals surface area contributed by atoms with Crippen molar-refractivity contribution < 1.29 is 18.4 Å². The molecule has 0 aliphatic carbocycles. The topological polar surface area (TPSA) is 97.5 Å². The molecule has 0 aliphatic rings. The summed E-state index contributed by atoms with van der Waals surface area (Å²) in [6.45, 7) is 5.20. The molecule has 0 bridgehead atoms. The lowest BCUT2D eigenvalue weighted by molar-refractivity contribution is -0.388. The van der Waals surface area contributed by atoms with Crippen molar-refractivity contribution in [3.05, 3.63) is 33.9 Å². The normalized spacial score (nSPS) is 15.1. The Hall–Kier alpha value is -1.47. The predicted octanol–water partition coefficient (Wildman–Crippen LogP) is 2.12. The van der Waals surface area contributed by atoms with E-state index in [0.29, 0.717) is 0 Å². The van der Waals surface area contributed by atoms with Crippen LogP contribution >= 0.6 is 0 Å². The van der Waals surface area contributed by atoms with E-state index in [0.717, 1.165) is 6.26 Å². The monoisotopic (exact) mass is 301 g/mol. The van der Waals surface area contributed by atoms with Crippen LogP contribution in [-0.4, -0.2) is 30.8 Å². The number of sulfone groups is 1. The average Bonchev–Trinajstić information content (AvgIpc) is 2.26. The lowest BCUT2D eigenvalue weighted by Gasteiger charge is -2.24. The minimum atomic E-state index is -3.71. The van der Waals surface area contributed by atoms with Gasteiger partial charge in [-0.05, 0) is 18.9 Å². The first kappa shape index (κ1) is 16.6. The van der Waals surface area contributed by atoms with Crippen molar-refractivity contribution in [2.45, 2.75) is 37.7 Å². The number of aliphatic hydroxyl groups excluding tert-OH is 1. The van der Waals surface area contributed by atoms with Gasteiger partial charge in [-0.2, -0.15) is 0 Å². The number of benzene rings is 1. The molecule has 0 spiro atoms. The van der Waals surface area contributed by atoms with Crippen molar-refractivity contribution in [1.29, 1.82) is 0 Å². The molecule has 0 aromatic heterocycles. The van der Waals surface area contributed by atoms with Gasteiger partial charge in [-0.15, -0.1) is 0 Å². The number of nitro groups is 1. The van der Waals surface area contributed by atoms with Crippen LogP contribution in [0.1, 0.15) is 32.3 Å². The van der Waals surface area contributed by atoms with E-state index in [-0.39, 0.29) is 16.4 Å². The van der Waals surface area contributed by atoms with Gasteiger partial charge < -0.3 is 5.11 Å². The molecule has 1 aromatic carbocycles. The Morgan fingerprint density at radius 3 is 2.15 bits per heavy atom. The summed E-state index contributed by atoms with van der Waals surface area (Å²) >= 11 is 0. The van der Waals surface area contributed by atoms with E-state index in [2.05, 4.69) is 0 Å². The highest BCUT2D eigenvalue weighted by Crippen LogP contribution is 2.37. The van der Waals surface area contributed by atoms with Gasteiger partial charge in [0.25, 0.3) is 5.69 Å². The number of hydrogen-bond acceptors (Lipinski definition) is 5. The van der Waals surface area contributed by atoms with Crippen LogP contribution in [0.5, 0.6) is 0 Å². The maximum absolute atomic E-state index is 11.7. The van der Waals surface area contributed by atoms with E-state index < -0.39 is 32.5 Å². The molecule has 1 rings (SSSR count). The van der Waals surface area contributed by atoms with Crippen LogP contribution in [0, 0.1) is 16.0 Å². The fourth-order valence-corrected chi connectivity index (χ4v) is 3.35. The Morgan fingerprint density at radius 2 is 1.80 bits per heavy atom. The first-order chi connectivity index (χ1) is 9.07. The summed E-state index contributed by atoms with van der Waals surface area (Å²) in [5.41, 5.74) is -0.183. The molecule has 0 saturated heterocycles. The lowest BCUT2D eigenvalue weighted by Crippen LogP contribution is -2.22. The summed E-state index contributed by atoms with van der Waals surface area (Å²) in [7, 11) is -3.71. The summed E-state index contributed by atoms with van der Waals surface area (Å²) in [6, 6.07) is 4.19. The SMILES string of the molecule is CC(C)C(c1cccc(S(C)(=O)=O)c1[N+](=O)[O-])C(C)O. The number of para-hydroxylation sites is 1. The van der Waals surface area contributed by atoms with E-state index in [1.54, 1.807) is 6.92 Å². The van der Waals surface area contributed by atoms with Crippen molar-refractivity contribution in [2.75, 3.05) is 6.26 Å². The Bertz CT molecular complexity index is 599. The third-order valence-electron chi connectivity index (χ3n) is 3.21. The number of nitrogens with zero attached hydrogens (tertiary/aromatic N) is 1. The number of rotatable bonds is 5. The van der Waals surface area contributed by atoms with E-state index in [1.807, 2.05) is 13.8 Å². The maximum atomic E-state index is 11.7. The highest BCUT2D eigenvalue weighted by atomic mass is 32.2. The summed E-state index contributed by atoms with van der Waals surface area (Å²) < 4.78 is 23.4. The second-order valence-electron chi connectivity index (χ2n) is 5.23. The van der Waals surface area contributed by atoms with Crippen LogP contribution in [0.2, 0.25) is 0 Å². The van der Waals surface area contributed by atoms with Gasteiger partial charge >= 0.3 is 0 Å². The standard InChI is InChI=1S/C13H19NO5S/c1-8(2)12(9(3)15)10-6-5-7-11(20(4,18)19)13(10)14(16)17/h5-9,12,15H,1-4H3. The van der Waals surface area contributed by atoms with Crippen LogP contribution < -0.4 is 0 Å². The molecule has 0 fully saturated rings. The molecule has 2 atom stereocenters. The van der Waals surface area contributed by atoms with Crippen molar-refractivity contribution in [3.63, 3.8) is 0 Å². The minimum absolute atomic E-state index is 0.0662. The van der Waals surface area contributed by atoms with E-state index in [4.69, 9.17) is 0 Å². The van der Waals surface area contributed by atoms with Gasteiger partial charge in [0.1, 0.15) is 4.90 Å². The Morgan fingerprint density at radius 1 is 1.25 bits per heavy atom. The Labute approximate surface area is 118 Å². The van der Waals surface area contributed by atoms with Gasteiger partial charge in [0.05, 0.1) is 11.0 Å². The van der Waals surface area contributed by atoms with Gasteiger partial charge in [0, 0.05) is 17.7 Å². The van der Waals surface area contributed by atoms with Crippen LogP contribution in [0.15, 0.2) is 23.1 Å². The molecular weight excluding hydrogens is 282 g/mol. The molecular formula is C13H19NO5S. The minimum Gasteiger partial charge on any atom is -0.393 e. The molecule has 0 heterocycles. The van der Waals surface area contributed by atoms with Crippen molar-refractivity contribution in [2.24, 2.45) is 5.92 Å². The van der Waals surface area contributed by atoms with Crippen LogP contribution in [-0.2, 0) is 9.84 Å². The summed E-state index contributed by atoms with van der Waals surface area (Å²) in [4.78, 5) is 10.3. The van der Waals surface area contributed by atoms with Gasteiger partial charge in [-0.1, -0.05) is 26.0 Å². The predicted molar refractivity (Wildman–Crippen MR) is 75.5 cm³/mol. The van der Waals surface area contributed by atoms with Gasteiger partial charge in [-0.3, -0.25) is 10.1 Å². The van der Waals surface area contributed by atoms with Crippen molar-refractivity contribution in [1.82, 2.24) is 0 Å². The molecule has 1 aromatic rings.